The van der Waals surface area contributed by atoms with Crippen LogP contribution in [-0.2, 0) is 19.1 Å². The third-order valence-electron chi connectivity index (χ3n) is 6.57. The normalized spacial score (nSPS) is 34.8. The van der Waals surface area contributed by atoms with Gasteiger partial charge in [-0.05, 0) is 51.5 Å². The van der Waals surface area contributed by atoms with Gasteiger partial charge in [-0.15, -0.1) is 0 Å². The van der Waals surface area contributed by atoms with Crippen LogP contribution < -0.4 is 0 Å². The van der Waals surface area contributed by atoms with E-state index in [1.165, 1.54) is 0 Å². The minimum atomic E-state index is -1.19. The predicted octanol–water partition coefficient (Wildman–Crippen LogP) is 3.02. The summed E-state index contributed by atoms with van der Waals surface area (Å²) in [5, 5.41) is 0. The maximum absolute atomic E-state index is 13.0. The van der Waals surface area contributed by atoms with Crippen molar-refractivity contribution >= 4 is 11.9 Å². The second-order valence-electron chi connectivity index (χ2n) is 7.54. The van der Waals surface area contributed by atoms with Crippen molar-refractivity contribution in [1.29, 1.82) is 0 Å². The molecule has 0 aromatic carbocycles. The maximum Gasteiger partial charge on any atom is 0.325 e. The van der Waals surface area contributed by atoms with Crippen molar-refractivity contribution in [1.82, 2.24) is 4.90 Å². The summed E-state index contributed by atoms with van der Waals surface area (Å²) in [6, 6.07) is 0.227. The number of fused-ring (bicyclic) bond motifs is 3. The van der Waals surface area contributed by atoms with Crippen LogP contribution in [0.1, 0.15) is 60.3 Å². The Hall–Kier alpha value is -1.10. The Morgan fingerprint density at radius 3 is 2.00 bits per heavy atom. The number of hydrogen-bond acceptors (Lipinski definition) is 5. The van der Waals surface area contributed by atoms with Crippen LogP contribution in [0.2, 0.25) is 0 Å². The minimum Gasteiger partial charge on any atom is -0.465 e. The van der Waals surface area contributed by atoms with Crippen LogP contribution in [-0.4, -0.2) is 49.2 Å². The molecule has 138 valence electrons. The van der Waals surface area contributed by atoms with E-state index in [4.69, 9.17) is 9.47 Å². The highest BCUT2D eigenvalue weighted by Crippen LogP contribution is 2.61. The number of carbonyl (C=O) groups is 2. The first kappa shape index (κ1) is 19.2. The molecule has 5 heteroatoms. The number of carbonyl (C=O) groups excluding carboxylic acids is 2. The third kappa shape index (κ3) is 2.56. The van der Waals surface area contributed by atoms with E-state index < -0.39 is 17.4 Å². The zero-order valence-corrected chi connectivity index (χ0v) is 16.1. The van der Waals surface area contributed by atoms with E-state index in [0.717, 1.165) is 19.3 Å². The van der Waals surface area contributed by atoms with Crippen LogP contribution in [0.15, 0.2) is 0 Å². The zero-order valence-electron chi connectivity index (χ0n) is 16.1. The Morgan fingerprint density at radius 1 is 1.04 bits per heavy atom. The molecule has 24 heavy (non-hydrogen) atoms. The van der Waals surface area contributed by atoms with Gasteiger partial charge in [-0.1, -0.05) is 27.2 Å². The lowest BCUT2D eigenvalue weighted by atomic mass is 9.48. The first-order valence-electron chi connectivity index (χ1n) is 9.39. The Kier molecular flexibility index (Phi) is 5.63. The van der Waals surface area contributed by atoms with E-state index in [0.29, 0.717) is 18.4 Å². The van der Waals surface area contributed by atoms with Crippen LogP contribution in [0.4, 0.5) is 0 Å². The maximum atomic E-state index is 13.0. The fraction of sp³-hybridized carbons (Fsp3) is 0.895. The molecule has 2 saturated heterocycles. The van der Waals surface area contributed by atoms with Gasteiger partial charge in [-0.2, -0.15) is 0 Å². The van der Waals surface area contributed by atoms with E-state index in [1.807, 2.05) is 0 Å². The summed E-state index contributed by atoms with van der Waals surface area (Å²) in [6.45, 7) is 10.8. The van der Waals surface area contributed by atoms with Crippen molar-refractivity contribution < 1.29 is 19.1 Å². The number of rotatable bonds is 6. The molecule has 0 aromatic heterocycles. The molecule has 2 aliphatic heterocycles. The van der Waals surface area contributed by atoms with Crippen LogP contribution in [0.3, 0.4) is 0 Å². The fourth-order valence-corrected chi connectivity index (χ4v) is 5.60. The molecule has 3 fully saturated rings. The van der Waals surface area contributed by atoms with Gasteiger partial charge in [0.15, 0.2) is 5.41 Å². The van der Waals surface area contributed by atoms with Crippen molar-refractivity contribution in [3.05, 3.63) is 0 Å². The second kappa shape index (κ2) is 7.03. The molecule has 1 aliphatic carbocycles. The zero-order chi connectivity index (χ0) is 18.1. The average molecular weight is 339 g/mol. The topological polar surface area (TPSA) is 55.8 Å². The van der Waals surface area contributed by atoms with E-state index >= 15 is 0 Å². The van der Waals surface area contributed by atoms with Gasteiger partial charge in [-0.25, -0.2) is 0 Å². The second-order valence-corrected chi connectivity index (χ2v) is 7.54. The predicted molar refractivity (Wildman–Crippen MR) is 92.5 cm³/mol. The molecule has 0 radical (unpaired) electrons. The smallest absolute Gasteiger partial charge is 0.325 e. The van der Waals surface area contributed by atoms with Crippen molar-refractivity contribution in [2.75, 3.05) is 20.3 Å². The monoisotopic (exact) mass is 339 g/mol. The summed E-state index contributed by atoms with van der Waals surface area (Å²) in [5.74, 6) is -0.299. The van der Waals surface area contributed by atoms with E-state index in [9.17, 15) is 9.59 Å². The van der Waals surface area contributed by atoms with Crippen molar-refractivity contribution in [2.45, 2.75) is 72.4 Å². The Balaban J connectivity index is 2.54. The van der Waals surface area contributed by atoms with Gasteiger partial charge in [0.1, 0.15) is 0 Å². The molecule has 0 N–H and O–H groups in total. The molecule has 3 rings (SSSR count). The first-order chi connectivity index (χ1) is 11.3. The highest BCUT2D eigenvalue weighted by molar-refractivity contribution is 6.01. The lowest BCUT2D eigenvalue weighted by Gasteiger charge is -2.65. The van der Waals surface area contributed by atoms with Crippen LogP contribution in [0.25, 0.3) is 0 Å². The van der Waals surface area contributed by atoms with Gasteiger partial charge in [0.25, 0.3) is 0 Å². The molecule has 0 amide bonds. The van der Waals surface area contributed by atoms with Gasteiger partial charge >= 0.3 is 11.9 Å². The largest absolute Gasteiger partial charge is 0.465 e. The van der Waals surface area contributed by atoms with E-state index in [-0.39, 0.29) is 24.7 Å². The Morgan fingerprint density at radius 2 is 1.58 bits per heavy atom. The molecular weight excluding hydrogens is 306 g/mol. The average Bonchev–Trinajstić information content (AvgIpc) is 2.54. The van der Waals surface area contributed by atoms with Gasteiger partial charge in [-0.3, -0.25) is 14.5 Å². The number of piperidine rings is 2. The van der Waals surface area contributed by atoms with Crippen LogP contribution >= 0.6 is 0 Å². The Labute approximate surface area is 146 Å². The van der Waals surface area contributed by atoms with Crippen molar-refractivity contribution in [3.63, 3.8) is 0 Å². The van der Waals surface area contributed by atoms with E-state index in [1.54, 1.807) is 13.8 Å². The molecule has 4 atom stereocenters. The van der Waals surface area contributed by atoms with Gasteiger partial charge in [0.2, 0.25) is 0 Å². The number of ether oxygens (including phenoxy) is 2. The molecule has 0 aromatic rings. The standard InChI is InChI=1S/C19H33NO4/c1-7-13-11-15-19(16(21)23-9-3,17(22)24-10-4)12-18(13,5)14(8-2)20(15)6/h13-15H,7-12H2,1-6H3. The summed E-state index contributed by atoms with van der Waals surface area (Å²) in [7, 11) is 2.05. The van der Waals surface area contributed by atoms with Gasteiger partial charge in [0.05, 0.1) is 13.2 Å². The first-order valence-corrected chi connectivity index (χ1v) is 9.39. The molecule has 3 aliphatic rings. The minimum absolute atomic E-state index is 0.0908. The van der Waals surface area contributed by atoms with Crippen LogP contribution in [0, 0.1) is 16.7 Å². The quantitative estimate of drug-likeness (QED) is 0.550. The van der Waals surface area contributed by atoms with Gasteiger partial charge < -0.3 is 9.47 Å². The summed E-state index contributed by atoms with van der Waals surface area (Å²) in [6.07, 6.45) is 3.46. The fourth-order valence-electron chi connectivity index (χ4n) is 5.60. The third-order valence-corrected chi connectivity index (χ3v) is 6.57. The summed E-state index contributed by atoms with van der Waals surface area (Å²) in [4.78, 5) is 28.2. The lowest BCUT2D eigenvalue weighted by Crippen LogP contribution is -2.73. The lowest BCUT2D eigenvalue weighted by molar-refractivity contribution is -0.213. The SMILES string of the molecule is CCOC(=O)C1(C(=O)OCC)CC2(C)C(CC)CC1N(C)C2CC. The highest BCUT2D eigenvalue weighted by atomic mass is 16.6. The van der Waals surface area contributed by atoms with Crippen molar-refractivity contribution in [2.24, 2.45) is 16.7 Å². The summed E-state index contributed by atoms with van der Waals surface area (Å²) < 4.78 is 10.7. The summed E-state index contributed by atoms with van der Waals surface area (Å²) >= 11 is 0. The van der Waals surface area contributed by atoms with Gasteiger partial charge in [0, 0.05) is 12.1 Å². The van der Waals surface area contributed by atoms with Crippen LogP contribution in [0.5, 0.6) is 0 Å². The molecule has 5 nitrogen and oxygen atoms in total. The number of hydrogen-bond donors (Lipinski definition) is 0. The molecule has 4 unspecified atom stereocenters. The highest BCUT2D eigenvalue weighted by Gasteiger charge is 2.69. The molecule has 1 saturated carbocycles. The van der Waals surface area contributed by atoms with E-state index in [2.05, 4.69) is 32.7 Å². The number of esters is 2. The molecule has 2 heterocycles. The summed E-state index contributed by atoms with van der Waals surface area (Å²) in [5.41, 5.74) is -1.28. The molecule has 2 bridgehead atoms. The Bertz CT molecular complexity index is 474. The molecule has 0 spiro atoms. The molecular formula is C19H33NO4. The number of nitrogens with zero attached hydrogens (tertiary/aromatic N) is 1. The van der Waals surface area contributed by atoms with Crippen molar-refractivity contribution in [3.8, 4) is 0 Å².